The fourth-order valence-corrected chi connectivity index (χ4v) is 1.21. The van der Waals surface area contributed by atoms with E-state index in [1.807, 2.05) is 13.8 Å². The molecule has 0 fully saturated rings. The van der Waals surface area contributed by atoms with Crippen LogP contribution in [0, 0.1) is 5.92 Å². The van der Waals surface area contributed by atoms with Crippen LogP contribution < -0.4 is 0 Å². The van der Waals surface area contributed by atoms with Gasteiger partial charge in [0.1, 0.15) is 5.60 Å². The number of hydrogen-bond donors (Lipinski definition) is 1. The molecule has 1 N–H and O–H groups in total. The molecule has 0 aliphatic carbocycles. The zero-order chi connectivity index (χ0) is 9.61. The summed E-state index contributed by atoms with van der Waals surface area (Å²) in [7, 11) is 1.48. The van der Waals surface area contributed by atoms with Gasteiger partial charge in [0.05, 0.1) is 6.61 Å². The summed E-state index contributed by atoms with van der Waals surface area (Å²) < 4.78 is 4.78. The van der Waals surface area contributed by atoms with Gasteiger partial charge in [-0.1, -0.05) is 20.3 Å². The number of rotatable bonds is 6. The third-order valence-electron chi connectivity index (χ3n) is 2.15. The normalized spacial score (nSPS) is 18.3. The zero-order valence-corrected chi connectivity index (χ0v) is 8.04. The summed E-state index contributed by atoms with van der Waals surface area (Å²) in [6.07, 6.45) is 2.37. The first-order chi connectivity index (χ1) is 5.60. The van der Waals surface area contributed by atoms with Crippen molar-refractivity contribution in [2.24, 2.45) is 5.92 Å². The van der Waals surface area contributed by atoms with E-state index in [1.165, 1.54) is 7.11 Å². The minimum Gasteiger partial charge on any atom is -0.381 e. The molecule has 3 heteroatoms. The molecule has 2 atom stereocenters. The second-order valence-corrected chi connectivity index (χ2v) is 3.23. The number of aldehydes is 1. The molecule has 72 valence electrons. The molecule has 0 spiro atoms. The predicted molar refractivity (Wildman–Crippen MR) is 47.0 cm³/mol. The van der Waals surface area contributed by atoms with Gasteiger partial charge in [-0.15, -0.1) is 0 Å². The van der Waals surface area contributed by atoms with Crippen LogP contribution in [0.2, 0.25) is 0 Å². The Balaban J connectivity index is 4.17. The van der Waals surface area contributed by atoms with Crippen LogP contribution in [0.25, 0.3) is 0 Å². The fourth-order valence-electron chi connectivity index (χ4n) is 1.21. The molecule has 2 unspecified atom stereocenters. The van der Waals surface area contributed by atoms with Gasteiger partial charge < -0.3 is 14.6 Å². The van der Waals surface area contributed by atoms with Crippen molar-refractivity contribution in [1.29, 1.82) is 0 Å². The van der Waals surface area contributed by atoms with E-state index in [-0.39, 0.29) is 12.5 Å². The van der Waals surface area contributed by atoms with E-state index in [2.05, 4.69) is 0 Å². The molecule has 0 aliphatic rings. The summed E-state index contributed by atoms with van der Waals surface area (Å²) in [6, 6.07) is 0. The van der Waals surface area contributed by atoms with Crippen molar-refractivity contribution >= 4 is 6.29 Å². The summed E-state index contributed by atoms with van der Waals surface area (Å²) in [5, 5.41) is 9.73. The molecule has 0 aliphatic heterocycles. The number of methoxy groups -OCH3 is 1. The average molecular weight is 174 g/mol. The van der Waals surface area contributed by atoms with Crippen molar-refractivity contribution in [3.8, 4) is 0 Å². The van der Waals surface area contributed by atoms with E-state index in [0.717, 1.165) is 12.8 Å². The Hall–Kier alpha value is -0.410. The van der Waals surface area contributed by atoms with E-state index < -0.39 is 5.60 Å². The molecule has 12 heavy (non-hydrogen) atoms. The Bertz CT molecular complexity index is 136. The highest BCUT2D eigenvalue weighted by Crippen LogP contribution is 2.20. The maximum atomic E-state index is 10.6. The highest BCUT2D eigenvalue weighted by atomic mass is 16.5. The monoisotopic (exact) mass is 174 g/mol. The average Bonchev–Trinajstić information content (AvgIpc) is 2.05. The van der Waals surface area contributed by atoms with Crippen LogP contribution in [0.15, 0.2) is 0 Å². The van der Waals surface area contributed by atoms with Gasteiger partial charge in [0.25, 0.3) is 0 Å². The molecule has 0 aromatic heterocycles. The van der Waals surface area contributed by atoms with Crippen LogP contribution in [-0.4, -0.2) is 30.7 Å². The Labute approximate surface area is 73.7 Å². The van der Waals surface area contributed by atoms with E-state index in [9.17, 15) is 9.90 Å². The minimum absolute atomic E-state index is 0.0417. The highest BCUT2D eigenvalue weighted by Gasteiger charge is 2.32. The lowest BCUT2D eigenvalue weighted by atomic mass is 9.87. The summed E-state index contributed by atoms with van der Waals surface area (Å²) >= 11 is 0. The van der Waals surface area contributed by atoms with Gasteiger partial charge in [0.15, 0.2) is 6.29 Å². The van der Waals surface area contributed by atoms with Crippen LogP contribution in [0.5, 0.6) is 0 Å². The van der Waals surface area contributed by atoms with Crippen molar-refractivity contribution in [3.63, 3.8) is 0 Å². The van der Waals surface area contributed by atoms with Crippen molar-refractivity contribution in [2.45, 2.75) is 32.3 Å². The van der Waals surface area contributed by atoms with Crippen LogP contribution in [0.1, 0.15) is 26.7 Å². The lowest BCUT2D eigenvalue weighted by Gasteiger charge is -2.27. The molecule has 3 nitrogen and oxygen atoms in total. The number of carbonyl (C=O) groups is 1. The number of carbonyl (C=O) groups excluding carboxylic acids is 1. The van der Waals surface area contributed by atoms with Gasteiger partial charge >= 0.3 is 0 Å². The standard InChI is InChI=1S/C9H18O3/c1-4-5-8(2)9(11,6-10)7-12-3/h6,8,11H,4-5,7H2,1-3H3. The van der Waals surface area contributed by atoms with Gasteiger partial charge in [0.2, 0.25) is 0 Å². The molecule has 0 heterocycles. The molecular formula is C9H18O3. The third-order valence-corrected chi connectivity index (χ3v) is 2.15. The first kappa shape index (κ1) is 11.6. The van der Waals surface area contributed by atoms with Crippen molar-refractivity contribution < 1.29 is 14.6 Å². The fraction of sp³-hybridized carbons (Fsp3) is 0.889. The molecule has 0 rings (SSSR count). The third kappa shape index (κ3) is 2.91. The van der Waals surface area contributed by atoms with Crippen molar-refractivity contribution in [1.82, 2.24) is 0 Å². The van der Waals surface area contributed by atoms with Crippen LogP contribution in [0.4, 0.5) is 0 Å². The van der Waals surface area contributed by atoms with Gasteiger partial charge in [-0.25, -0.2) is 0 Å². The maximum absolute atomic E-state index is 10.6. The van der Waals surface area contributed by atoms with Gasteiger partial charge in [-0.05, 0) is 12.3 Å². The number of ether oxygens (including phenoxy) is 1. The number of aliphatic hydroxyl groups is 1. The molecular weight excluding hydrogens is 156 g/mol. The van der Waals surface area contributed by atoms with E-state index in [1.54, 1.807) is 0 Å². The van der Waals surface area contributed by atoms with Gasteiger partial charge in [0, 0.05) is 7.11 Å². The van der Waals surface area contributed by atoms with Crippen LogP contribution in [-0.2, 0) is 9.53 Å². The minimum atomic E-state index is -1.30. The zero-order valence-electron chi connectivity index (χ0n) is 8.04. The lowest BCUT2D eigenvalue weighted by Crippen LogP contribution is -2.42. The highest BCUT2D eigenvalue weighted by molar-refractivity contribution is 5.62. The summed E-state index contributed by atoms with van der Waals surface area (Å²) in [5.74, 6) is -0.0417. The Morgan fingerprint density at radius 2 is 2.25 bits per heavy atom. The summed E-state index contributed by atoms with van der Waals surface area (Å²) in [6.45, 7) is 3.96. The Kier molecular flexibility index (Phi) is 5.09. The first-order valence-corrected chi connectivity index (χ1v) is 4.28. The smallest absolute Gasteiger partial charge is 0.154 e. The summed E-state index contributed by atoms with van der Waals surface area (Å²) in [5.41, 5.74) is -1.30. The first-order valence-electron chi connectivity index (χ1n) is 4.28. The second kappa shape index (κ2) is 5.27. The van der Waals surface area contributed by atoms with Crippen molar-refractivity contribution in [2.75, 3.05) is 13.7 Å². The Morgan fingerprint density at radius 3 is 2.58 bits per heavy atom. The van der Waals surface area contributed by atoms with Crippen molar-refractivity contribution in [3.05, 3.63) is 0 Å². The van der Waals surface area contributed by atoms with E-state index in [4.69, 9.17) is 4.74 Å². The van der Waals surface area contributed by atoms with Crippen LogP contribution >= 0.6 is 0 Å². The molecule has 0 bridgehead atoms. The molecule has 0 saturated heterocycles. The summed E-state index contributed by atoms with van der Waals surface area (Å²) in [4.78, 5) is 10.6. The second-order valence-electron chi connectivity index (χ2n) is 3.23. The molecule has 0 aromatic carbocycles. The molecule has 0 saturated carbocycles. The molecule has 0 radical (unpaired) electrons. The molecule has 0 aromatic rings. The molecule has 0 amide bonds. The predicted octanol–water partition coefficient (Wildman–Crippen LogP) is 0.999. The lowest BCUT2D eigenvalue weighted by molar-refractivity contribution is -0.136. The van der Waals surface area contributed by atoms with Crippen LogP contribution in [0.3, 0.4) is 0 Å². The number of hydrogen-bond acceptors (Lipinski definition) is 3. The largest absolute Gasteiger partial charge is 0.381 e. The topological polar surface area (TPSA) is 46.5 Å². The van der Waals surface area contributed by atoms with E-state index >= 15 is 0 Å². The van der Waals surface area contributed by atoms with E-state index in [0.29, 0.717) is 6.29 Å². The SMILES string of the molecule is CCCC(C)C(O)(C=O)COC. The van der Waals surface area contributed by atoms with Gasteiger partial charge in [-0.3, -0.25) is 0 Å². The quantitative estimate of drug-likeness (QED) is 0.611. The maximum Gasteiger partial charge on any atom is 0.154 e. The Morgan fingerprint density at radius 1 is 1.67 bits per heavy atom. The van der Waals surface area contributed by atoms with Gasteiger partial charge in [-0.2, -0.15) is 0 Å².